The van der Waals surface area contributed by atoms with Gasteiger partial charge in [0.1, 0.15) is 5.75 Å². The standard InChI is InChI=1S/C15H14N2O/c1-10-6-7-16-14(15(10)18)8-11-9-17-13-5-3-2-4-12(11)13/h2-7,9,17-18H,8H2,1H3. The number of para-hydroxylation sites is 1. The number of aromatic nitrogens is 2. The van der Waals surface area contributed by atoms with Crippen molar-refractivity contribution >= 4 is 10.9 Å². The molecule has 0 bridgehead atoms. The number of H-pyrrole nitrogens is 1. The first-order valence-electron chi connectivity index (χ1n) is 5.94. The number of aromatic hydroxyl groups is 1. The highest BCUT2D eigenvalue weighted by molar-refractivity contribution is 5.83. The molecule has 2 aromatic heterocycles. The Kier molecular flexibility index (Phi) is 2.52. The summed E-state index contributed by atoms with van der Waals surface area (Å²) < 4.78 is 0. The fraction of sp³-hybridized carbons (Fsp3) is 0.133. The lowest BCUT2D eigenvalue weighted by molar-refractivity contribution is 0.461. The molecule has 18 heavy (non-hydrogen) atoms. The van der Waals surface area contributed by atoms with E-state index in [1.165, 1.54) is 5.39 Å². The van der Waals surface area contributed by atoms with Gasteiger partial charge < -0.3 is 10.1 Å². The Labute approximate surface area is 105 Å². The minimum atomic E-state index is 0.294. The molecule has 0 saturated carbocycles. The van der Waals surface area contributed by atoms with Gasteiger partial charge in [-0.15, -0.1) is 0 Å². The Balaban J connectivity index is 2.04. The zero-order chi connectivity index (χ0) is 12.5. The van der Waals surface area contributed by atoms with Crippen LogP contribution in [0.25, 0.3) is 10.9 Å². The number of rotatable bonds is 2. The highest BCUT2D eigenvalue weighted by atomic mass is 16.3. The Morgan fingerprint density at radius 1 is 1.22 bits per heavy atom. The number of pyridine rings is 1. The predicted octanol–water partition coefficient (Wildman–Crippen LogP) is 3.17. The van der Waals surface area contributed by atoms with Crippen molar-refractivity contribution in [2.45, 2.75) is 13.3 Å². The predicted molar refractivity (Wildman–Crippen MR) is 71.7 cm³/mol. The number of nitrogens with one attached hydrogen (secondary N) is 1. The maximum Gasteiger partial charge on any atom is 0.140 e. The SMILES string of the molecule is Cc1ccnc(Cc2c[nH]c3ccccc23)c1O. The van der Waals surface area contributed by atoms with Crippen LogP contribution in [0.15, 0.2) is 42.7 Å². The van der Waals surface area contributed by atoms with E-state index >= 15 is 0 Å². The summed E-state index contributed by atoms with van der Waals surface area (Å²) in [5.41, 5.74) is 3.85. The summed E-state index contributed by atoms with van der Waals surface area (Å²) in [5.74, 6) is 0.294. The van der Waals surface area contributed by atoms with Crippen molar-refractivity contribution < 1.29 is 5.11 Å². The summed E-state index contributed by atoms with van der Waals surface area (Å²) in [6.45, 7) is 1.88. The first-order valence-corrected chi connectivity index (χ1v) is 5.94. The second-order valence-electron chi connectivity index (χ2n) is 4.46. The quantitative estimate of drug-likeness (QED) is 0.720. The van der Waals surface area contributed by atoms with E-state index in [1.807, 2.05) is 37.4 Å². The van der Waals surface area contributed by atoms with E-state index in [0.717, 1.165) is 22.3 Å². The van der Waals surface area contributed by atoms with Crippen LogP contribution < -0.4 is 0 Å². The summed E-state index contributed by atoms with van der Waals surface area (Å²) >= 11 is 0. The van der Waals surface area contributed by atoms with Crippen molar-refractivity contribution in [3.05, 3.63) is 59.5 Å². The number of aryl methyl sites for hydroxylation is 1. The molecule has 3 heteroatoms. The summed E-state index contributed by atoms with van der Waals surface area (Å²) in [6.07, 6.45) is 4.35. The highest BCUT2D eigenvalue weighted by Crippen LogP contribution is 2.25. The normalized spacial score (nSPS) is 10.9. The van der Waals surface area contributed by atoms with Crippen LogP contribution in [-0.2, 0) is 6.42 Å². The highest BCUT2D eigenvalue weighted by Gasteiger charge is 2.09. The third kappa shape index (κ3) is 1.74. The zero-order valence-corrected chi connectivity index (χ0v) is 10.1. The molecule has 1 aromatic carbocycles. The van der Waals surface area contributed by atoms with Crippen molar-refractivity contribution in [3.8, 4) is 5.75 Å². The molecule has 0 aliphatic carbocycles. The lowest BCUT2D eigenvalue weighted by atomic mass is 10.1. The van der Waals surface area contributed by atoms with Gasteiger partial charge in [0.15, 0.2) is 0 Å². The minimum Gasteiger partial charge on any atom is -0.506 e. The first-order chi connectivity index (χ1) is 8.75. The largest absolute Gasteiger partial charge is 0.506 e. The second-order valence-corrected chi connectivity index (χ2v) is 4.46. The van der Waals surface area contributed by atoms with Gasteiger partial charge in [0.25, 0.3) is 0 Å². The Morgan fingerprint density at radius 2 is 2.06 bits per heavy atom. The van der Waals surface area contributed by atoms with Crippen LogP contribution in [0.2, 0.25) is 0 Å². The minimum absolute atomic E-state index is 0.294. The van der Waals surface area contributed by atoms with E-state index in [-0.39, 0.29) is 0 Å². The van der Waals surface area contributed by atoms with Crippen LogP contribution in [0.4, 0.5) is 0 Å². The fourth-order valence-electron chi connectivity index (χ4n) is 2.19. The van der Waals surface area contributed by atoms with E-state index in [4.69, 9.17) is 0 Å². The molecule has 2 N–H and O–H groups in total. The van der Waals surface area contributed by atoms with E-state index < -0.39 is 0 Å². The third-order valence-corrected chi connectivity index (χ3v) is 3.23. The van der Waals surface area contributed by atoms with E-state index in [0.29, 0.717) is 12.2 Å². The summed E-state index contributed by atoms with van der Waals surface area (Å²) in [6, 6.07) is 9.96. The number of nitrogens with zero attached hydrogens (tertiary/aromatic N) is 1. The van der Waals surface area contributed by atoms with Gasteiger partial charge in [0, 0.05) is 29.7 Å². The molecule has 0 radical (unpaired) electrons. The molecule has 0 aliphatic rings. The first kappa shape index (κ1) is 10.8. The molecule has 0 saturated heterocycles. The Morgan fingerprint density at radius 3 is 2.94 bits per heavy atom. The molecule has 90 valence electrons. The molecule has 0 amide bonds. The van der Waals surface area contributed by atoms with Gasteiger partial charge in [-0.25, -0.2) is 0 Å². The molecule has 0 aliphatic heterocycles. The van der Waals surface area contributed by atoms with Crippen LogP contribution in [0, 0.1) is 6.92 Å². The molecule has 2 heterocycles. The number of hydrogen-bond donors (Lipinski definition) is 2. The van der Waals surface area contributed by atoms with Gasteiger partial charge in [-0.3, -0.25) is 4.98 Å². The van der Waals surface area contributed by atoms with Crippen LogP contribution >= 0.6 is 0 Å². The smallest absolute Gasteiger partial charge is 0.140 e. The molecule has 0 unspecified atom stereocenters. The van der Waals surface area contributed by atoms with Crippen molar-refractivity contribution in [2.75, 3.05) is 0 Å². The molecule has 0 fully saturated rings. The lowest BCUT2D eigenvalue weighted by Crippen LogP contribution is -1.93. The number of hydrogen-bond acceptors (Lipinski definition) is 2. The molecule has 3 rings (SSSR count). The third-order valence-electron chi connectivity index (χ3n) is 3.23. The van der Waals surface area contributed by atoms with Gasteiger partial charge in [-0.1, -0.05) is 18.2 Å². The van der Waals surface area contributed by atoms with E-state index in [9.17, 15) is 5.11 Å². The maximum absolute atomic E-state index is 10.00. The van der Waals surface area contributed by atoms with Crippen molar-refractivity contribution in [2.24, 2.45) is 0 Å². The number of fused-ring (bicyclic) bond motifs is 1. The van der Waals surface area contributed by atoms with Crippen LogP contribution in [-0.4, -0.2) is 15.1 Å². The van der Waals surface area contributed by atoms with E-state index in [1.54, 1.807) is 6.20 Å². The van der Waals surface area contributed by atoms with Crippen LogP contribution in [0.1, 0.15) is 16.8 Å². The van der Waals surface area contributed by atoms with Gasteiger partial charge in [0.05, 0.1) is 5.69 Å². The number of aromatic amines is 1. The van der Waals surface area contributed by atoms with Gasteiger partial charge in [0.2, 0.25) is 0 Å². The second kappa shape index (κ2) is 4.18. The van der Waals surface area contributed by atoms with Gasteiger partial charge >= 0.3 is 0 Å². The molecule has 3 nitrogen and oxygen atoms in total. The fourth-order valence-corrected chi connectivity index (χ4v) is 2.19. The van der Waals surface area contributed by atoms with Crippen molar-refractivity contribution in [1.29, 1.82) is 0 Å². The molecule has 3 aromatic rings. The molecule has 0 atom stereocenters. The van der Waals surface area contributed by atoms with Crippen molar-refractivity contribution in [3.63, 3.8) is 0 Å². The molecular weight excluding hydrogens is 224 g/mol. The topological polar surface area (TPSA) is 48.9 Å². The summed E-state index contributed by atoms with van der Waals surface area (Å²) in [5, 5.41) is 11.2. The van der Waals surface area contributed by atoms with Crippen LogP contribution in [0.3, 0.4) is 0 Å². The Bertz CT molecular complexity index is 701. The monoisotopic (exact) mass is 238 g/mol. The van der Waals surface area contributed by atoms with E-state index in [2.05, 4.69) is 16.0 Å². The average Bonchev–Trinajstić information content (AvgIpc) is 2.79. The maximum atomic E-state index is 10.00. The molecular formula is C15H14N2O. The average molecular weight is 238 g/mol. The Hall–Kier alpha value is -2.29. The lowest BCUT2D eigenvalue weighted by Gasteiger charge is -2.05. The van der Waals surface area contributed by atoms with Gasteiger partial charge in [-0.05, 0) is 30.2 Å². The summed E-state index contributed by atoms with van der Waals surface area (Å²) in [4.78, 5) is 7.49. The molecule has 0 spiro atoms. The summed E-state index contributed by atoms with van der Waals surface area (Å²) in [7, 11) is 0. The van der Waals surface area contributed by atoms with Gasteiger partial charge in [-0.2, -0.15) is 0 Å². The van der Waals surface area contributed by atoms with Crippen LogP contribution in [0.5, 0.6) is 5.75 Å². The number of benzene rings is 1. The van der Waals surface area contributed by atoms with Crippen molar-refractivity contribution in [1.82, 2.24) is 9.97 Å². The zero-order valence-electron chi connectivity index (χ0n) is 10.1.